The van der Waals surface area contributed by atoms with Gasteiger partial charge in [0.05, 0.1) is 31.4 Å². The molecule has 1 aliphatic carbocycles. The summed E-state index contributed by atoms with van der Waals surface area (Å²) in [5.41, 5.74) is 1.38. The molecule has 2 aromatic carbocycles. The lowest BCUT2D eigenvalue weighted by Gasteiger charge is -2.36. The van der Waals surface area contributed by atoms with Crippen molar-refractivity contribution < 1.29 is 50.1 Å². The van der Waals surface area contributed by atoms with Gasteiger partial charge in [-0.05, 0) is 97.2 Å². The summed E-state index contributed by atoms with van der Waals surface area (Å²) in [6.45, 7) is 7.54. The average Bonchev–Trinajstić information content (AvgIpc) is 3.31. The van der Waals surface area contributed by atoms with Gasteiger partial charge in [-0.15, -0.1) is 0 Å². The number of rotatable bonds is 7. The number of hydrogen-bond donors (Lipinski definition) is 0. The molecule has 7 nitrogen and oxygen atoms in total. The summed E-state index contributed by atoms with van der Waals surface area (Å²) < 4.78 is 97.7. The summed E-state index contributed by atoms with van der Waals surface area (Å²) in [6.07, 6.45) is -10.3. The van der Waals surface area contributed by atoms with Crippen LogP contribution in [0.5, 0.6) is 5.75 Å². The van der Waals surface area contributed by atoms with Gasteiger partial charge in [0, 0.05) is 23.4 Å². The van der Waals surface area contributed by atoms with Crippen LogP contribution in [0.2, 0.25) is 0 Å². The van der Waals surface area contributed by atoms with Crippen LogP contribution < -0.4 is 4.74 Å². The Balaban J connectivity index is 1.54. The number of pyridine rings is 1. The van der Waals surface area contributed by atoms with Crippen LogP contribution in [0.15, 0.2) is 54.1 Å². The van der Waals surface area contributed by atoms with Crippen LogP contribution in [0.4, 0.5) is 31.1 Å². The number of benzene rings is 2. The number of aromatic nitrogens is 1. The number of cyclic esters (lactones) is 1. The Bertz CT molecular complexity index is 1780. The molecule has 1 aromatic heterocycles. The SMILES string of the molecule is COC(=O)c1ccc(-c2ccc(OC)c(C3=C(CN4C(=O)O[C@H](c5cc(C(F)(F)F)cc(C(F)(F)F)c5)[C@@H]4C)CC(C)(C)CC3)c2)c(C)n1. The monoisotopic (exact) mass is 690 g/mol. The van der Waals surface area contributed by atoms with Crippen molar-refractivity contribution in [3.63, 3.8) is 0 Å². The zero-order valence-corrected chi connectivity index (χ0v) is 27.8. The molecule has 0 bridgehead atoms. The molecule has 1 aliphatic heterocycles. The number of esters is 1. The molecule has 49 heavy (non-hydrogen) atoms. The van der Waals surface area contributed by atoms with Gasteiger partial charge in [0.25, 0.3) is 0 Å². The number of nitrogens with zero attached hydrogens (tertiary/aromatic N) is 2. The Labute approximate surface area is 279 Å². The third-order valence-electron chi connectivity index (χ3n) is 9.18. The number of alkyl halides is 6. The maximum atomic E-state index is 13.6. The number of hydrogen-bond acceptors (Lipinski definition) is 6. The molecule has 0 N–H and O–H groups in total. The number of allylic oxidation sites excluding steroid dienone is 1. The Kier molecular flexibility index (Phi) is 9.52. The molecule has 13 heteroatoms. The number of carbonyl (C=O) groups excluding carboxylic acids is 2. The number of methoxy groups -OCH3 is 2. The van der Waals surface area contributed by atoms with Crippen LogP contribution in [-0.2, 0) is 21.8 Å². The highest BCUT2D eigenvalue weighted by Gasteiger charge is 2.44. The molecule has 0 spiro atoms. The third kappa shape index (κ3) is 7.40. The molecule has 2 aliphatic rings. The predicted molar refractivity (Wildman–Crippen MR) is 169 cm³/mol. The molecule has 262 valence electrons. The second-order valence-electron chi connectivity index (χ2n) is 13.2. The van der Waals surface area contributed by atoms with E-state index in [4.69, 9.17) is 14.2 Å². The molecule has 3 aromatic rings. The van der Waals surface area contributed by atoms with E-state index in [1.54, 1.807) is 26.0 Å². The zero-order chi connectivity index (χ0) is 36.1. The average molecular weight is 691 g/mol. The van der Waals surface area contributed by atoms with E-state index in [9.17, 15) is 35.9 Å². The summed E-state index contributed by atoms with van der Waals surface area (Å²) >= 11 is 0. The fourth-order valence-corrected chi connectivity index (χ4v) is 6.59. The molecule has 5 rings (SSSR count). The summed E-state index contributed by atoms with van der Waals surface area (Å²) in [4.78, 5) is 31.0. The van der Waals surface area contributed by atoms with Crippen molar-refractivity contribution in [1.82, 2.24) is 9.88 Å². The molecule has 1 saturated heterocycles. The van der Waals surface area contributed by atoms with Crippen molar-refractivity contribution in [1.29, 1.82) is 0 Å². The summed E-state index contributed by atoms with van der Waals surface area (Å²) in [5, 5.41) is 0. The van der Waals surface area contributed by atoms with Gasteiger partial charge in [-0.25, -0.2) is 14.6 Å². The van der Waals surface area contributed by atoms with E-state index in [0.29, 0.717) is 36.4 Å². The Morgan fingerprint density at radius 3 is 2.20 bits per heavy atom. The molecule has 0 unspecified atom stereocenters. The molecule has 2 atom stereocenters. The van der Waals surface area contributed by atoms with Gasteiger partial charge in [0.1, 0.15) is 17.5 Å². The molecule has 1 fully saturated rings. The summed E-state index contributed by atoms with van der Waals surface area (Å²) in [7, 11) is 2.82. The second-order valence-corrected chi connectivity index (χ2v) is 13.2. The maximum absolute atomic E-state index is 13.6. The van der Waals surface area contributed by atoms with Crippen molar-refractivity contribution >= 4 is 17.6 Å². The summed E-state index contributed by atoms with van der Waals surface area (Å²) in [6, 6.07) is 9.36. The van der Waals surface area contributed by atoms with Crippen molar-refractivity contribution in [2.24, 2.45) is 5.41 Å². The number of amides is 1. The second kappa shape index (κ2) is 13.1. The van der Waals surface area contributed by atoms with Crippen molar-refractivity contribution in [2.75, 3.05) is 20.8 Å². The van der Waals surface area contributed by atoms with E-state index in [0.717, 1.165) is 34.3 Å². The number of halogens is 6. The normalized spacial score (nSPS) is 19.6. The number of ether oxygens (including phenoxy) is 3. The molecule has 0 saturated carbocycles. The van der Waals surface area contributed by atoms with Crippen LogP contribution >= 0.6 is 0 Å². The number of aryl methyl sites for hydroxylation is 1. The quantitative estimate of drug-likeness (QED) is 0.182. The van der Waals surface area contributed by atoms with Crippen molar-refractivity contribution in [3.05, 3.63) is 87.7 Å². The minimum absolute atomic E-state index is 0.0438. The largest absolute Gasteiger partial charge is 0.496 e. The van der Waals surface area contributed by atoms with E-state index < -0.39 is 47.7 Å². The van der Waals surface area contributed by atoms with E-state index in [1.807, 2.05) is 18.2 Å². The van der Waals surface area contributed by atoms with Crippen molar-refractivity contribution in [2.45, 2.75) is 71.5 Å². The maximum Gasteiger partial charge on any atom is 0.416 e. The van der Waals surface area contributed by atoms with Gasteiger partial charge in [-0.1, -0.05) is 26.0 Å². The first-order valence-corrected chi connectivity index (χ1v) is 15.5. The molecular formula is C36H36F6N2O5. The smallest absolute Gasteiger partial charge is 0.416 e. The molecule has 1 amide bonds. The van der Waals surface area contributed by atoms with Gasteiger partial charge in [-0.3, -0.25) is 4.90 Å². The minimum Gasteiger partial charge on any atom is -0.496 e. The van der Waals surface area contributed by atoms with Crippen LogP contribution in [0.3, 0.4) is 0 Å². The Hall–Kier alpha value is -4.55. The van der Waals surface area contributed by atoms with Crippen LogP contribution in [0.1, 0.15) is 84.6 Å². The van der Waals surface area contributed by atoms with Crippen molar-refractivity contribution in [3.8, 4) is 16.9 Å². The molecular weight excluding hydrogens is 654 g/mol. The van der Waals surface area contributed by atoms with E-state index >= 15 is 0 Å². The lowest BCUT2D eigenvalue weighted by molar-refractivity contribution is -0.143. The topological polar surface area (TPSA) is 78.0 Å². The van der Waals surface area contributed by atoms with E-state index in [-0.39, 0.29) is 29.3 Å². The lowest BCUT2D eigenvalue weighted by atomic mass is 9.72. The molecule has 0 radical (unpaired) electrons. The third-order valence-corrected chi connectivity index (χ3v) is 9.18. The summed E-state index contributed by atoms with van der Waals surface area (Å²) in [5.74, 6) is 0.0155. The molecule has 2 heterocycles. The van der Waals surface area contributed by atoms with Crippen LogP contribution in [-0.4, -0.2) is 48.8 Å². The van der Waals surface area contributed by atoms with E-state index in [2.05, 4.69) is 18.8 Å². The predicted octanol–water partition coefficient (Wildman–Crippen LogP) is 9.44. The highest BCUT2D eigenvalue weighted by atomic mass is 19.4. The first-order chi connectivity index (χ1) is 22.8. The number of carbonyl (C=O) groups is 2. The van der Waals surface area contributed by atoms with E-state index in [1.165, 1.54) is 19.1 Å². The highest BCUT2D eigenvalue weighted by Crippen LogP contribution is 2.47. The Morgan fingerprint density at radius 2 is 1.63 bits per heavy atom. The van der Waals surface area contributed by atoms with Gasteiger partial charge in [-0.2, -0.15) is 26.3 Å². The first kappa shape index (κ1) is 35.7. The fourth-order valence-electron chi connectivity index (χ4n) is 6.59. The van der Waals surface area contributed by atoms with Gasteiger partial charge < -0.3 is 14.2 Å². The highest BCUT2D eigenvalue weighted by molar-refractivity contribution is 5.88. The van der Waals surface area contributed by atoms with Gasteiger partial charge in [0.15, 0.2) is 0 Å². The van der Waals surface area contributed by atoms with Crippen LogP contribution in [0.25, 0.3) is 16.7 Å². The van der Waals surface area contributed by atoms with Gasteiger partial charge in [0.2, 0.25) is 0 Å². The lowest BCUT2D eigenvalue weighted by Crippen LogP contribution is -2.35. The fraction of sp³-hybridized carbons (Fsp3) is 0.417. The standard InChI is InChI=1S/C36H36F6N2O5/c1-19-26(8-9-29(43-19)32(45)48-6)21-7-10-30(47-5)28(15-21)27-11-12-34(3,4)17-23(27)18-44-20(2)31(49-33(44)46)22-13-24(35(37,38)39)16-25(14-22)36(40,41)42/h7-10,13-16,20,31H,11-12,17-18H2,1-6H3/t20-,31-/m0/s1. The van der Waals surface area contributed by atoms with Crippen LogP contribution in [0, 0.1) is 12.3 Å². The Morgan fingerprint density at radius 1 is 0.980 bits per heavy atom. The van der Waals surface area contributed by atoms with Gasteiger partial charge >= 0.3 is 24.4 Å². The first-order valence-electron chi connectivity index (χ1n) is 15.5. The minimum atomic E-state index is -5.04. The zero-order valence-electron chi connectivity index (χ0n) is 27.8.